The molecule has 2 saturated heterocycles. The molecule has 0 radical (unpaired) electrons. The predicted molar refractivity (Wildman–Crippen MR) is 58.5 cm³/mol. The Morgan fingerprint density at radius 3 is 2.87 bits per heavy atom. The topological polar surface area (TPSA) is 32.3 Å². The number of likely N-dealkylation sites (tertiary alicyclic amines) is 1. The highest BCUT2D eigenvalue weighted by molar-refractivity contribution is 5.78. The van der Waals surface area contributed by atoms with Gasteiger partial charge in [0.25, 0.3) is 0 Å². The first kappa shape index (κ1) is 9.64. The first-order valence-corrected chi connectivity index (χ1v) is 6.29. The lowest BCUT2D eigenvalue weighted by Gasteiger charge is -2.33. The van der Waals surface area contributed by atoms with E-state index in [9.17, 15) is 4.79 Å². The Hall–Kier alpha value is -0.570. The summed E-state index contributed by atoms with van der Waals surface area (Å²) in [6, 6.07) is 0.571. The Labute approximate surface area is 91.2 Å². The molecule has 1 atom stereocenters. The normalized spacial score (nSPS) is 33.7. The molecule has 3 heteroatoms. The Balaban J connectivity index is 1.55. The van der Waals surface area contributed by atoms with Crippen LogP contribution < -0.4 is 5.32 Å². The average Bonchev–Trinajstić information content (AvgIpc) is 2.78. The molecule has 3 fully saturated rings. The van der Waals surface area contributed by atoms with Crippen LogP contribution in [0.15, 0.2) is 0 Å². The number of nitrogens with zero attached hydrogens (tertiary/aromatic N) is 1. The van der Waals surface area contributed by atoms with Crippen molar-refractivity contribution in [3.8, 4) is 0 Å². The summed E-state index contributed by atoms with van der Waals surface area (Å²) in [6.07, 6.45) is 7.21. The van der Waals surface area contributed by atoms with Gasteiger partial charge >= 0.3 is 0 Å². The molecule has 1 unspecified atom stereocenters. The van der Waals surface area contributed by atoms with E-state index < -0.39 is 0 Å². The van der Waals surface area contributed by atoms with Crippen molar-refractivity contribution in [1.29, 1.82) is 0 Å². The lowest BCUT2D eigenvalue weighted by atomic mass is 9.93. The molecule has 0 aromatic carbocycles. The van der Waals surface area contributed by atoms with Gasteiger partial charge in [-0.1, -0.05) is 0 Å². The Kier molecular flexibility index (Phi) is 2.23. The number of piperidine rings is 1. The standard InChI is InChI=1S/C12H20N2O/c15-11-8-12(3-4-12)5-7-14(11)9-10-2-1-6-13-10/h10,13H,1-9H2. The molecule has 1 amide bonds. The van der Waals surface area contributed by atoms with E-state index in [-0.39, 0.29) is 0 Å². The van der Waals surface area contributed by atoms with E-state index in [1.54, 1.807) is 0 Å². The SMILES string of the molecule is O=C1CC2(CCN1CC1CCCN1)CC2. The van der Waals surface area contributed by atoms with Crippen LogP contribution >= 0.6 is 0 Å². The van der Waals surface area contributed by atoms with Crippen LogP contribution in [0.5, 0.6) is 0 Å². The third kappa shape index (κ3) is 1.89. The zero-order chi connectivity index (χ0) is 10.3. The van der Waals surface area contributed by atoms with Gasteiger partial charge in [-0.15, -0.1) is 0 Å². The zero-order valence-electron chi connectivity index (χ0n) is 9.30. The van der Waals surface area contributed by atoms with E-state index in [1.165, 1.54) is 32.1 Å². The summed E-state index contributed by atoms with van der Waals surface area (Å²) in [5.74, 6) is 0.410. The van der Waals surface area contributed by atoms with Crippen molar-refractivity contribution in [3.63, 3.8) is 0 Å². The molecule has 3 aliphatic rings. The highest BCUT2D eigenvalue weighted by atomic mass is 16.2. The van der Waals surface area contributed by atoms with E-state index in [0.29, 0.717) is 17.4 Å². The first-order chi connectivity index (χ1) is 7.27. The molecule has 2 heterocycles. The van der Waals surface area contributed by atoms with Gasteiger partial charge in [0.2, 0.25) is 5.91 Å². The summed E-state index contributed by atoms with van der Waals surface area (Å²) >= 11 is 0. The van der Waals surface area contributed by atoms with Gasteiger partial charge in [0.1, 0.15) is 0 Å². The molecule has 2 aliphatic heterocycles. The van der Waals surface area contributed by atoms with Gasteiger partial charge in [0, 0.05) is 25.6 Å². The highest BCUT2D eigenvalue weighted by Gasteiger charge is 2.47. The van der Waals surface area contributed by atoms with Crippen molar-refractivity contribution < 1.29 is 4.79 Å². The Morgan fingerprint density at radius 2 is 2.27 bits per heavy atom. The fourth-order valence-electron chi connectivity index (χ4n) is 2.99. The van der Waals surface area contributed by atoms with Crippen molar-refractivity contribution in [2.45, 2.75) is 44.6 Å². The smallest absolute Gasteiger partial charge is 0.223 e. The van der Waals surface area contributed by atoms with Crippen molar-refractivity contribution in [1.82, 2.24) is 10.2 Å². The fourth-order valence-corrected chi connectivity index (χ4v) is 2.99. The van der Waals surface area contributed by atoms with Crippen molar-refractivity contribution in [2.75, 3.05) is 19.6 Å². The number of carbonyl (C=O) groups is 1. The Morgan fingerprint density at radius 1 is 1.40 bits per heavy atom. The molecule has 1 aliphatic carbocycles. The number of nitrogens with one attached hydrogen (secondary N) is 1. The number of carbonyl (C=O) groups excluding carboxylic acids is 1. The number of hydrogen-bond acceptors (Lipinski definition) is 2. The van der Waals surface area contributed by atoms with Crippen LogP contribution in [-0.2, 0) is 4.79 Å². The molecule has 15 heavy (non-hydrogen) atoms. The molecule has 1 spiro atoms. The summed E-state index contributed by atoms with van der Waals surface area (Å²) in [7, 11) is 0. The minimum Gasteiger partial charge on any atom is -0.341 e. The summed E-state index contributed by atoms with van der Waals surface area (Å²) in [6.45, 7) is 3.10. The van der Waals surface area contributed by atoms with Crippen LogP contribution in [0.4, 0.5) is 0 Å². The second-order valence-corrected chi connectivity index (χ2v) is 5.56. The molecule has 3 nitrogen and oxygen atoms in total. The van der Waals surface area contributed by atoms with Gasteiger partial charge in [-0.2, -0.15) is 0 Å². The largest absolute Gasteiger partial charge is 0.341 e. The zero-order valence-corrected chi connectivity index (χ0v) is 9.30. The second-order valence-electron chi connectivity index (χ2n) is 5.56. The van der Waals surface area contributed by atoms with Crippen molar-refractivity contribution in [2.24, 2.45) is 5.41 Å². The molecule has 1 saturated carbocycles. The summed E-state index contributed by atoms with van der Waals surface area (Å²) in [5.41, 5.74) is 0.469. The monoisotopic (exact) mass is 208 g/mol. The van der Waals surface area contributed by atoms with Crippen LogP contribution in [0.3, 0.4) is 0 Å². The van der Waals surface area contributed by atoms with Crippen LogP contribution in [-0.4, -0.2) is 36.5 Å². The fraction of sp³-hybridized carbons (Fsp3) is 0.917. The highest BCUT2D eigenvalue weighted by Crippen LogP contribution is 2.53. The number of rotatable bonds is 2. The number of amides is 1. The molecule has 84 valence electrons. The molecule has 0 bridgehead atoms. The van der Waals surface area contributed by atoms with Crippen molar-refractivity contribution >= 4 is 5.91 Å². The molecule has 3 rings (SSSR count). The van der Waals surface area contributed by atoms with Gasteiger partial charge in [-0.05, 0) is 44.1 Å². The third-order valence-electron chi connectivity index (χ3n) is 4.35. The van der Waals surface area contributed by atoms with Crippen LogP contribution in [0.2, 0.25) is 0 Å². The molecular formula is C12H20N2O. The minimum atomic E-state index is 0.410. The van der Waals surface area contributed by atoms with Crippen LogP contribution in [0.1, 0.15) is 38.5 Å². The maximum atomic E-state index is 11.9. The quantitative estimate of drug-likeness (QED) is 0.738. The summed E-state index contributed by atoms with van der Waals surface area (Å²) in [5, 5.41) is 3.47. The van der Waals surface area contributed by atoms with Gasteiger partial charge in [-0.25, -0.2) is 0 Å². The molecule has 0 aromatic rings. The molecule has 0 aromatic heterocycles. The van der Waals surface area contributed by atoms with Crippen LogP contribution in [0, 0.1) is 5.41 Å². The second kappa shape index (κ2) is 3.48. The maximum absolute atomic E-state index is 11.9. The molecular weight excluding hydrogens is 188 g/mol. The predicted octanol–water partition coefficient (Wildman–Crippen LogP) is 1.14. The first-order valence-electron chi connectivity index (χ1n) is 6.29. The average molecular weight is 208 g/mol. The summed E-state index contributed by atoms with van der Waals surface area (Å²) in [4.78, 5) is 14.0. The van der Waals surface area contributed by atoms with E-state index in [4.69, 9.17) is 0 Å². The minimum absolute atomic E-state index is 0.410. The van der Waals surface area contributed by atoms with Gasteiger partial charge in [0.15, 0.2) is 0 Å². The van der Waals surface area contributed by atoms with Crippen LogP contribution in [0.25, 0.3) is 0 Å². The lowest BCUT2D eigenvalue weighted by Crippen LogP contribution is -2.45. The van der Waals surface area contributed by atoms with E-state index >= 15 is 0 Å². The number of hydrogen-bond donors (Lipinski definition) is 1. The molecule has 1 N–H and O–H groups in total. The summed E-state index contributed by atoms with van der Waals surface area (Å²) < 4.78 is 0. The lowest BCUT2D eigenvalue weighted by molar-refractivity contribution is -0.135. The van der Waals surface area contributed by atoms with Gasteiger partial charge < -0.3 is 10.2 Å². The van der Waals surface area contributed by atoms with Gasteiger partial charge in [0.05, 0.1) is 0 Å². The van der Waals surface area contributed by atoms with E-state index in [1.807, 2.05) is 0 Å². The van der Waals surface area contributed by atoms with E-state index in [0.717, 1.165) is 26.1 Å². The third-order valence-corrected chi connectivity index (χ3v) is 4.35. The Bertz CT molecular complexity index is 267. The van der Waals surface area contributed by atoms with E-state index in [2.05, 4.69) is 10.2 Å². The maximum Gasteiger partial charge on any atom is 0.223 e. The van der Waals surface area contributed by atoms with Gasteiger partial charge in [-0.3, -0.25) is 4.79 Å². The van der Waals surface area contributed by atoms with Crippen molar-refractivity contribution in [3.05, 3.63) is 0 Å².